The Labute approximate surface area is 180 Å². The molecule has 0 saturated heterocycles. The minimum atomic E-state index is -3.62. The van der Waals surface area contributed by atoms with Crippen molar-refractivity contribution in [3.63, 3.8) is 0 Å². The second kappa shape index (κ2) is 9.50. The largest absolute Gasteiger partial charge is 0.312 e. The number of benzene rings is 2. The summed E-state index contributed by atoms with van der Waals surface area (Å²) in [6, 6.07) is 13.6. The first-order valence-corrected chi connectivity index (χ1v) is 12.7. The van der Waals surface area contributed by atoms with Crippen molar-refractivity contribution in [2.75, 3.05) is 11.3 Å². The van der Waals surface area contributed by atoms with Gasteiger partial charge in [0.1, 0.15) is 0 Å². The molecule has 2 aliphatic rings. The topological polar surface area (TPSA) is 70.2 Å². The first-order valence-electron chi connectivity index (χ1n) is 11.2. The smallest absolute Gasteiger partial charge is 0.261 e. The van der Waals surface area contributed by atoms with Crippen LogP contribution in [0.15, 0.2) is 47.4 Å². The normalized spacial score (nSPS) is 18.2. The molecule has 0 radical (unpaired) electrons. The van der Waals surface area contributed by atoms with Gasteiger partial charge in [-0.15, -0.1) is 0 Å². The lowest BCUT2D eigenvalue weighted by molar-refractivity contribution is 0.404. The third kappa shape index (κ3) is 5.23. The average Bonchev–Trinajstić information content (AvgIpc) is 3.25. The molecule has 0 unspecified atom stereocenters. The molecule has 3 N–H and O–H groups in total. The lowest BCUT2D eigenvalue weighted by atomic mass is 9.99. The minimum absolute atomic E-state index is 0.334. The van der Waals surface area contributed by atoms with Crippen molar-refractivity contribution in [3.8, 4) is 0 Å². The number of anilines is 1. The van der Waals surface area contributed by atoms with Crippen molar-refractivity contribution >= 4 is 15.7 Å². The quantitative estimate of drug-likeness (QED) is 0.591. The van der Waals surface area contributed by atoms with Crippen LogP contribution in [0.2, 0.25) is 0 Å². The summed E-state index contributed by atoms with van der Waals surface area (Å²) in [7, 11) is -3.62. The molecule has 2 aromatic rings. The lowest BCUT2D eigenvalue weighted by Gasteiger charge is -2.20. The number of nitrogens with one attached hydrogen (secondary N) is 3. The first kappa shape index (κ1) is 21.3. The zero-order valence-corrected chi connectivity index (χ0v) is 18.6. The van der Waals surface area contributed by atoms with E-state index in [9.17, 15) is 8.42 Å². The summed E-state index contributed by atoms with van der Waals surface area (Å²) in [6.07, 6.45) is 7.47. The Bertz CT molecular complexity index is 968. The van der Waals surface area contributed by atoms with Crippen molar-refractivity contribution in [3.05, 3.63) is 59.2 Å². The molecule has 6 heteroatoms. The molecule has 0 spiro atoms. The second-order valence-corrected chi connectivity index (χ2v) is 10.5. The molecule has 0 aromatic heterocycles. The highest BCUT2D eigenvalue weighted by Gasteiger charge is 2.20. The van der Waals surface area contributed by atoms with E-state index in [1.54, 1.807) is 6.07 Å². The van der Waals surface area contributed by atoms with Crippen LogP contribution in [0.25, 0.3) is 0 Å². The maximum atomic E-state index is 13.1. The van der Waals surface area contributed by atoms with Gasteiger partial charge in [-0.05, 0) is 67.1 Å². The van der Waals surface area contributed by atoms with Crippen LogP contribution in [0, 0.1) is 5.92 Å². The van der Waals surface area contributed by atoms with E-state index in [2.05, 4.69) is 22.3 Å². The zero-order valence-electron chi connectivity index (χ0n) is 17.8. The van der Waals surface area contributed by atoms with Crippen LogP contribution in [0.4, 0.5) is 5.69 Å². The predicted octanol–water partition coefficient (Wildman–Crippen LogP) is 4.19. The van der Waals surface area contributed by atoms with Gasteiger partial charge in [0.2, 0.25) is 0 Å². The highest BCUT2D eigenvalue weighted by atomic mass is 32.2. The Balaban J connectivity index is 1.44. The maximum absolute atomic E-state index is 13.1. The molecule has 1 aliphatic carbocycles. The number of sulfonamides is 1. The molecule has 0 amide bonds. The van der Waals surface area contributed by atoms with E-state index in [1.165, 1.54) is 37.7 Å². The number of para-hydroxylation sites is 1. The molecular formula is C24H33N3O2S. The van der Waals surface area contributed by atoms with E-state index < -0.39 is 10.0 Å². The van der Waals surface area contributed by atoms with Gasteiger partial charge < -0.3 is 10.6 Å². The Hall–Kier alpha value is -1.89. The lowest BCUT2D eigenvalue weighted by Crippen LogP contribution is -2.28. The third-order valence-electron chi connectivity index (χ3n) is 6.44. The van der Waals surface area contributed by atoms with E-state index >= 15 is 0 Å². The molecule has 162 valence electrons. The summed E-state index contributed by atoms with van der Waals surface area (Å²) in [6.45, 7) is 4.57. The van der Waals surface area contributed by atoms with Gasteiger partial charge in [-0.25, -0.2) is 8.42 Å². The Morgan fingerprint density at radius 2 is 1.90 bits per heavy atom. The van der Waals surface area contributed by atoms with E-state index in [1.807, 2.05) is 36.4 Å². The summed E-state index contributed by atoms with van der Waals surface area (Å²) in [5.41, 5.74) is 3.92. The summed E-state index contributed by atoms with van der Waals surface area (Å²) in [5.74, 6) is 0.834. The standard InChI is InChI=1S/C24H33N3O2S/c1-18(14-19-6-2-3-7-19)26-17-22-8-4-5-9-24(22)27-30(28,29)23-11-10-21-16-25-13-12-20(21)15-23/h4-5,8-11,15,18-19,25-27H,2-3,6-7,12-14,16-17H2,1H3/t18-/m0/s1. The number of fused-ring (bicyclic) bond motifs is 1. The third-order valence-corrected chi connectivity index (χ3v) is 7.80. The zero-order chi connectivity index (χ0) is 21.0. The Morgan fingerprint density at radius 1 is 1.10 bits per heavy atom. The van der Waals surface area contributed by atoms with Gasteiger partial charge in [-0.1, -0.05) is 49.9 Å². The highest BCUT2D eigenvalue weighted by molar-refractivity contribution is 7.92. The molecule has 1 fully saturated rings. The van der Waals surface area contributed by atoms with Crippen molar-refractivity contribution in [1.82, 2.24) is 10.6 Å². The molecule has 2 aromatic carbocycles. The SMILES string of the molecule is C[C@@H](CC1CCCC1)NCc1ccccc1NS(=O)(=O)c1ccc2c(c1)CCNC2. The van der Waals surface area contributed by atoms with Gasteiger partial charge in [-0.2, -0.15) is 0 Å². The maximum Gasteiger partial charge on any atom is 0.261 e. The van der Waals surface area contributed by atoms with Crippen LogP contribution in [-0.4, -0.2) is 21.0 Å². The minimum Gasteiger partial charge on any atom is -0.312 e. The molecule has 1 heterocycles. The van der Waals surface area contributed by atoms with Crippen LogP contribution in [0.5, 0.6) is 0 Å². The van der Waals surface area contributed by atoms with Crippen molar-refractivity contribution in [2.24, 2.45) is 5.92 Å². The molecule has 30 heavy (non-hydrogen) atoms. The highest BCUT2D eigenvalue weighted by Crippen LogP contribution is 2.29. The van der Waals surface area contributed by atoms with Gasteiger partial charge in [-0.3, -0.25) is 4.72 Å². The van der Waals surface area contributed by atoms with Crippen LogP contribution >= 0.6 is 0 Å². The second-order valence-electron chi connectivity index (χ2n) is 8.79. The fraction of sp³-hybridized carbons (Fsp3) is 0.500. The predicted molar refractivity (Wildman–Crippen MR) is 122 cm³/mol. The molecular weight excluding hydrogens is 394 g/mol. The Morgan fingerprint density at radius 3 is 2.73 bits per heavy atom. The monoisotopic (exact) mass is 427 g/mol. The summed E-state index contributed by atoms with van der Waals surface area (Å²) in [5, 5.41) is 6.91. The molecule has 5 nitrogen and oxygen atoms in total. The summed E-state index contributed by atoms with van der Waals surface area (Å²) < 4.78 is 28.9. The van der Waals surface area contributed by atoms with E-state index in [4.69, 9.17) is 0 Å². The van der Waals surface area contributed by atoms with Gasteiger partial charge in [0.25, 0.3) is 10.0 Å². The fourth-order valence-electron chi connectivity index (χ4n) is 4.71. The number of hydrogen-bond acceptors (Lipinski definition) is 4. The summed E-state index contributed by atoms with van der Waals surface area (Å²) in [4.78, 5) is 0.334. The van der Waals surface area contributed by atoms with Crippen LogP contribution < -0.4 is 15.4 Å². The first-order chi connectivity index (χ1) is 14.5. The van der Waals surface area contributed by atoms with Gasteiger partial charge in [0, 0.05) is 19.1 Å². The van der Waals surface area contributed by atoms with E-state index in [-0.39, 0.29) is 0 Å². The van der Waals surface area contributed by atoms with Crippen molar-refractivity contribution < 1.29 is 8.42 Å². The van der Waals surface area contributed by atoms with Gasteiger partial charge >= 0.3 is 0 Å². The van der Waals surface area contributed by atoms with Crippen LogP contribution in [0.1, 0.15) is 55.7 Å². The van der Waals surface area contributed by atoms with E-state index in [0.717, 1.165) is 36.6 Å². The molecule has 1 aliphatic heterocycles. The number of rotatable bonds is 8. The molecule has 0 bridgehead atoms. The number of hydrogen-bond donors (Lipinski definition) is 3. The van der Waals surface area contributed by atoms with Crippen molar-refractivity contribution in [2.45, 2.75) is 69.5 Å². The van der Waals surface area contributed by atoms with Gasteiger partial charge in [0.15, 0.2) is 0 Å². The van der Waals surface area contributed by atoms with Crippen LogP contribution in [-0.2, 0) is 29.5 Å². The summed E-state index contributed by atoms with van der Waals surface area (Å²) >= 11 is 0. The fourth-order valence-corrected chi connectivity index (χ4v) is 5.86. The Kier molecular flexibility index (Phi) is 6.76. The van der Waals surface area contributed by atoms with Crippen molar-refractivity contribution in [1.29, 1.82) is 0 Å². The average molecular weight is 428 g/mol. The molecule has 4 rings (SSSR count). The molecule has 1 saturated carbocycles. The van der Waals surface area contributed by atoms with E-state index in [0.29, 0.717) is 23.2 Å². The van der Waals surface area contributed by atoms with Crippen LogP contribution in [0.3, 0.4) is 0 Å². The van der Waals surface area contributed by atoms with Gasteiger partial charge in [0.05, 0.1) is 10.6 Å². The molecule has 1 atom stereocenters.